The van der Waals surface area contributed by atoms with Crippen LogP contribution in [0.2, 0.25) is 0 Å². The van der Waals surface area contributed by atoms with E-state index < -0.39 is 11.9 Å². The standard InChI is InChI=1S/C12H17F3N4O/c1-7-3-16-9(8(2)20-7)4-18-11-6-17-10(5-19-11)12(13,14)15/h5-9,16H,3-4H2,1-2H3,(H,18,19)/t7-,8+,9-/m1/s1. The van der Waals surface area contributed by atoms with Crippen molar-refractivity contribution in [2.24, 2.45) is 0 Å². The smallest absolute Gasteiger partial charge is 0.373 e. The molecule has 0 radical (unpaired) electrons. The minimum Gasteiger partial charge on any atom is -0.373 e. The number of ether oxygens (including phenoxy) is 1. The van der Waals surface area contributed by atoms with Crippen LogP contribution in [0.15, 0.2) is 12.4 Å². The fraction of sp³-hybridized carbons (Fsp3) is 0.667. The Kier molecular flexibility index (Phi) is 4.44. The fourth-order valence-electron chi connectivity index (χ4n) is 2.01. The van der Waals surface area contributed by atoms with Crippen LogP contribution in [0.1, 0.15) is 19.5 Å². The van der Waals surface area contributed by atoms with Crippen LogP contribution in [-0.2, 0) is 10.9 Å². The number of halogens is 3. The van der Waals surface area contributed by atoms with Crippen LogP contribution in [-0.4, -0.2) is 41.3 Å². The van der Waals surface area contributed by atoms with Gasteiger partial charge >= 0.3 is 6.18 Å². The number of nitrogens with zero attached hydrogens (tertiary/aromatic N) is 2. The molecule has 0 spiro atoms. The number of hydrogen-bond acceptors (Lipinski definition) is 5. The molecule has 8 heteroatoms. The molecule has 0 saturated carbocycles. The third-order valence-electron chi connectivity index (χ3n) is 3.13. The van der Waals surface area contributed by atoms with Crippen LogP contribution in [0.25, 0.3) is 0 Å². The Morgan fingerprint density at radius 3 is 2.65 bits per heavy atom. The summed E-state index contributed by atoms with van der Waals surface area (Å²) in [7, 11) is 0. The average molecular weight is 290 g/mol. The molecule has 1 fully saturated rings. The topological polar surface area (TPSA) is 59.1 Å². The fourth-order valence-corrected chi connectivity index (χ4v) is 2.01. The Balaban J connectivity index is 1.88. The monoisotopic (exact) mass is 290 g/mol. The SMILES string of the molecule is C[C@@H]1CN[C@H](CNc2cnc(C(F)(F)F)cn2)[C@H](C)O1. The van der Waals surface area contributed by atoms with E-state index in [1.54, 1.807) is 0 Å². The summed E-state index contributed by atoms with van der Waals surface area (Å²) >= 11 is 0. The third-order valence-corrected chi connectivity index (χ3v) is 3.13. The summed E-state index contributed by atoms with van der Waals surface area (Å²) in [6.45, 7) is 5.19. The van der Waals surface area contributed by atoms with E-state index in [2.05, 4.69) is 20.6 Å². The zero-order valence-corrected chi connectivity index (χ0v) is 11.2. The highest BCUT2D eigenvalue weighted by Gasteiger charge is 2.32. The van der Waals surface area contributed by atoms with Crippen molar-refractivity contribution in [2.75, 3.05) is 18.4 Å². The second-order valence-corrected chi connectivity index (χ2v) is 4.83. The van der Waals surface area contributed by atoms with Gasteiger partial charge in [-0.15, -0.1) is 0 Å². The molecular formula is C12H17F3N4O. The largest absolute Gasteiger partial charge is 0.434 e. The summed E-state index contributed by atoms with van der Waals surface area (Å²) in [5.41, 5.74) is -0.996. The van der Waals surface area contributed by atoms with E-state index in [0.29, 0.717) is 12.4 Å². The molecule has 0 unspecified atom stereocenters. The van der Waals surface area contributed by atoms with E-state index >= 15 is 0 Å². The molecule has 1 aliphatic rings. The van der Waals surface area contributed by atoms with Crippen LogP contribution < -0.4 is 10.6 Å². The summed E-state index contributed by atoms with van der Waals surface area (Å²) in [6, 6.07) is 0.0790. The summed E-state index contributed by atoms with van der Waals surface area (Å²) in [5, 5.41) is 6.26. The molecule has 2 rings (SSSR count). The van der Waals surface area contributed by atoms with Crippen LogP contribution >= 0.6 is 0 Å². The first-order valence-electron chi connectivity index (χ1n) is 6.38. The van der Waals surface area contributed by atoms with Crippen molar-refractivity contribution in [3.63, 3.8) is 0 Å². The van der Waals surface area contributed by atoms with Gasteiger partial charge in [0, 0.05) is 13.1 Å². The lowest BCUT2D eigenvalue weighted by molar-refractivity contribution is -0.141. The van der Waals surface area contributed by atoms with Crippen molar-refractivity contribution < 1.29 is 17.9 Å². The highest BCUT2D eigenvalue weighted by molar-refractivity contribution is 5.31. The van der Waals surface area contributed by atoms with Crippen molar-refractivity contribution in [3.05, 3.63) is 18.1 Å². The molecule has 1 aliphatic heterocycles. The molecule has 0 aromatic carbocycles. The van der Waals surface area contributed by atoms with Gasteiger partial charge in [0.1, 0.15) is 5.82 Å². The van der Waals surface area contributed by atoms with Crippen LogP contribution in [0.5, 0.6) is 0 Å². The second kappa shape index (κ2) is 5.92. The Bertz CT molecular complexity index is 437. The van der Waals surface area contributed by atoms with Crippen LogP contribution in [0, 0.1) is 0 Å². The maximum absolute atomic E-state index is 12.3. The minimum absolute atomic E-state index is 0.0219. The number of hydrogen-bond donors (Lipinski definition) is 2. The van der Waals surface area contributed by atoms with Crippen molar-refractivity contribution in [1.29, 1.82) is 0 Å². The molecule has 0 bridgehead atoms. The van der Waals surface area contributed by atoms with E-state index in [9.17, 15) is 13.2 Å². The minimum atomic E-state index is -4.46. The molecule has 20 heavy (non-hydrogen) atoms. The van der Waals surface area contributed by atoms with E-state index in [1.165, 1.54) is 0 Å². The molecule has 5 nitrogen and oxygen atoms in total. The Morgan fingerprint density at radius 1 is 1.35 bits per heavy atom. The molecule has 1 aromatic heterocycles. The number of alkyl halides is 3. The molecule has 1 saturated heterocycles. The number of aromatic nitrogens is 2. The van der Waals surface area contributed by atoms with Gasteiger partial charge in [0.15, 0.2) is 5.69 Å². The highest BCUT2D eigenvalue weighted by atomic mass is 19.4. The van der Waals surface area contributed by atoms with Gasteiger partial charge in [-0.3, -0.25) is 0 Å². The van der Waals surface area contributed by atoms with Gasteiger partial charge in [-0.2, -0.15) is 13.2 Å². The van der Waals surface area contributed by atoms with Crippen molar-refractivity contribution in [2.45, 2.75) is 38.3 Å². The number of anilines is 1. The summed E-state index contributed by atoms with van der Waals surface area (Å²) in [4.78, 5) is 7.05. The first-order chi connectivity index (χ1) is 9.36. The lowest BCUT2D eigenvalue weighted by atomic mass is 10.1. The van der Waals surface area contributed by atoms with Crippen molar-refractivity contribution in [1.82, 2.24) is 15.3 Å². The normalized spacial score (nSPS) is 27.4. The van der Waals surface area contributed by atoms with Gasteiger partial charge in [-0.1, -0.05) is 0 Å². The molecule has 2 heterocycles. The van der Waals surface area contributed by atoms with Gasteiger partial charge in [-0.05, 0) is 13.8 Å². The Hall–Kier alpha value is -1.41. The predicted octanol–water partition coefficient (Wildman–Crippen LogP) is 1.67. The second-order valence-electron chi connectivity index (χ2n) is 4.83. The zero-order chi connectivity index (χ0) is 14.8. The lowest BCUT2D eigenvalue weighted by Gasteiger charge is -2.34. The molecule has 3 atom stereocenters. The maximum Gasteiger partial charge on any atom is 0.434 e. The lowest BCUT2D eigenvalue weighted by Crippen LogP contribution is -2.53. The van der Waals surface area contributed by atoms with Gasteiger partial charge in [0.25, 0.3) is 0 Å². The third kappa shape index (κ3) is 3.80. The van der Waals surface area contributed by atoms with E-state index in [1.807, 2.05) is 13.8 Å². The first kappa shape index (κ1) is 15.0. The van der Waals surface area contributed by atoms with E-state index in [-0.39, 0.29) is 18.2 Å². The number of morpholine rings is 1. The Labute approximate surface area is 114 Å². The maximum atomic E-state index is 12.3. The quantitative estimate of drug-likeness (QED) is 0.887. The van der Waals surface area contributed by atoms with E-state index in [4.69, 9.17) is 4.74 Å². The van der Waals surface area contributed by atoms with Crippen molar-refractivity contribution in [3.8, 4) is 0 Å². The molecule has 0 aliphatic carbocycles. The molecule has 2 N–H and O–H groups in total. The summed E-state index contributed by atoms with van der Waals surface area (Å²) in [5.74, 6) is 0.311. The molecular weight excluding hydrogens is 273 g/mol. The van der Waals surface area contributed by atoms with Gasteiger partial charge in [-0.25, -0.2) is 9.97 Å². The average Bonchev–Trinajstić information content (AvgIpc) is 2.37. The highest BCUT2D eigenvalue weighted by Crippen LogP contribution is 2.26. The molecule has 112 valence electrons. The zero-order valence-electron chi connectivity index (χ0n) is 11.2. The van der Waals surface area contributed by atoms with Crippen LogP contribution in [0.3, 0.4) is 0 Å². The number of nitrogens with one attached hydrogen (secondary N) is 2. The molecule has 1 aromatic rings. The Morgan fingerprint density at radius 2 is 2.10 bits per heavy atom. The van der Waals surface area contributed by atoms with Crippen molar-refractivity contribution >= 4 is 5.82 Å². The summed E-state index contributed by atoms with van der Waals surface area (Å²) in [6.07, 6.45) is -2.48. The van der Waals surface area contributed by atoms with Gasteiger partial charge in [0.2, 0.25) is 0 Å². The predicted molar refractivity (Wildman–Crippen MR) is 67.3 cm³/mol. The van der Waals surface area contributed by atoms with Gasteiger partial charge in [0.05, 0.1) is 30.6 Å². The molecule has 0 amide bonds. The van der Waals surface area contributed by atoms with Gasteiger partial charge < -0.3 is 15.4 Å². The summed E-state index contributed by atoms with van der Waals surface area (Å²) < 4.78 is 42.7. The number of rotatable bonds is 3. The van der Waals surface area contributed by atoms with E-state index in [0.717, 1.165) is 18.9 Å². The van der Waals surface area contributed by atoms with Crippen LogP contribution in [0.4, 0.5) is 19.0 Å². The first-order valence-corrected chi connectivity index (χ1v) is 6.38.